The standard InChI is InChI=1S/C16H18F3N3O3/c1-9(2)13-12(10(3)22-25-13)14(23)21-7-11-5-4-6-20-15(11)24-8-16(17,18)19/h4-6,9H,7-8H2,1-3H3,(H,21,23). The molecule has 0 unspecified atom stereocenters. The number of amides is 1. The molecule has 2 rings (SSSR count). The zero-order valence-corrected chi connectivity index (χ0v) is 14.0. The van der Waals surface area contributed by atoms with Crippen LogP contribution in [0.25, 0.3) is 0 Å². The van der Waals surface area contributed by atoms with Gasteiger partial charge in [0, 0.05) is 24.2 Å². The largest absolute Gasteiger partial charge is 0.468 e. The molecule has 2 aromatic heterocycles. The van der Waals surface area contributed by atoms with Gasteiger partial charge in [-0.3, -0.25) is 4.79 Å². The van der Waals surface area contributed by atoms with E-state index in [0.29, 0.717) is 22.6 Å². The minimum atomic E-state index is -4.47. The van der Waals surface area contributed by atoms with Gasteiger partial charge in [-0.15, -0.1) is 0 Å². The third-order valence-electron chi connectivity index (χ3n) is 3.30. The van der Waals surface area contributed by atoms with Crippen LogP contribution in [0.3, 0.4) is 0 Å². The van der Waals surface area contributed by atoms with Crippen LogP contribution in [0.4, 0.5) is 13.2 Å². The van der Waals surface area contributed by atoms with Gasteiger partial charge in [-0.25, -0.2) is 4.98 Å². The zero-order valence-electron chi connectivity index (χ0n) is 14.0. The van der Waals surface area contributed by atoms with Crippen LogP contribution in [0.5, 0.6) is 5.88 Å². The molecule has 0 saturated carbocycles. The van der Waals surface area contributed by atoms with Crippen molar-refractivity contribution in [3.05, 3.63) is 40.9 Å². The van der Waals surface area contributed by atoms with Crippen LogP contribution in [-0.2, 0) is 6.54 Å². The zero-order chi connectivity index (χ0) is 18.6. The first kappa shape index (κ1) is 18.8. The summed E-state index contributed by atoms with van der Waals surface area (Å²) < 4.78 is 46.7. The Morgan fingerprint density at radius 2 is 2.12 bits per heavy atom. The van der Waals surface area contributed by atoms with Gasteiger partial charge in [0.05, 0.1) is 5.69 Å². The Labute approximate surface area is 142 Å². The smallest absolute Gasteiger partial charge is 0.422 e. The van der Waals surface area contributed by atoms with Gasteiger partial charge in [0.1, 0.15) is 5.56 Å². The first-order valence-electron chi connectivity index (χ1n) is 7.57. The van der Waals surface area contributed by atoms with Crippen molar-refractivity contribution >= 4 is 5.91 Å². The Balaban J connectivity index is 2.09. The van der Waals surface area contributed by atoms with Crippen molar-refractivity contribution < 1.29 is 27.2 Å². The molecule has 0 radical (unpaired) electrons. The number of ether oxygens (including phenoxy) is 1. The fourth-order valence-electron chi connectivity index (χ4n) is 2.16. The fraction of sp³-hybridized carbons (Fsp3) is 0.438. The van der Waals surface area contributed by atoms with Crippen molar-refractivity contribution in [1.82, 2.24) is 15.5 Å². The van der Waals surface area contributed by atoms with E-state index in [9.17, 15) is 18.0 Å². The Hall–Kier alpha value is -2.58. The second kappa shape index (κ2) is 7.54. The highest BCUT2D eigenvalue weighted by atomic mass is 19.4. The molecule has 2 heterocycles. The Morgan fingerprint density at radius 1 is 1.40 bits per heavy atom. The van der Waals surface area contributed by atoms with Crippen LogP contribution in [-0.4, -0.2) is 28.8 Å². The second-order valence-corrected chi connectivity index (χ2v) is 5.72. The van der Waals surface area contributed by atoms with E-state index in [1.807, 2.05) is 13.8 Å². The van der Waals surface area contributed by atoms with E-state index in [0.717, 1.165) is 0 Å². The summed E-state index contributed by atoms with van der Waals surface area (Å²) in [6, 6.07) is 3.08. The van der Waals surface area contributed by atoms with E-state index < -0.39 is 18.7 Å². The molecular formula is C16H18F3N3O3. The van der Waals surface area contributed by atoms with Crippen molar-refractivity contribution in [2.45, 2.75) is 39.4 Å². The lowest BCUT2D eigenvalue weighted by Gasteiger charge is -2.12. The number of rotatable bonds is 6. The van der Waals surface area contributed by atoms with Crippen LogP contribution < -0.4 is 10.1 Å². The lowest BCUT2D eigenvalue weighted by Crippen LogP contribution is -2.25. The van der Waals surface area contributed by atoms with Gasteiger partial charge in [-0.05, 0) is 13.0 Å². The number of aromatic nitrogens is 2. The summed E-state index contributed by atoms with van der Waals surface area (Å²) in [5.74, 6) is -0.180. The highest BCUT2D eigenvalue weighted by Gasteiger charge is 2.29. The predicted molar refractivity (Wildman–Crippen MR) is 82.3 cm³/mol. The van der Waals surface area contributed by atoms with E-state index in [4.69, 9.17) is 9.26 Å². The summed E-state index contributed by atoms with van der Waals surface area (Å²) in [5, 5.41) is 6.42. The number of alkyl halides is 3. The summed E-state index contributed by atoms with van der Waals surface area (Å²) in [6.45, 7) is 3.88. The van der Waals surface area contributed by atoms with E-state index in [2.05, 4.69) is 15.5 Å². The van der Waals surface area contributed by atoms with Crippen LogP contribution in [0.1, 0.15) is 47.1 Å². The molecule has 6 nitrogen and oxygen atoms in total. The molecule has 0 atom stereocenters. The average molecular weight is 357 g/mol. The van der Waals surface area contributed by atoms with Crippen LogP contribution in [0.2, 0.25) is 0 Å². The van der Waals surface area contributed by atoms with Crippen LogP contribution in [0.15, 0.2) is 22.9 Å². The third kappa shape index (κ3) is 4.94. The number of nitrogens with zero attached hydrogens (tertiary/aromatic N) is 2. The molecule has 0 spiro atoms. The molecule has 9 heteroatoms. The number of hydrogen-bond donors (Lipinski definition) is 1. The van der Waals surface area contributed by atoms with E-state index in [-0.39, 0.29) is 18.3 Å². The highest BCUT2D eigenvalue weighted by Crippen LogP contribution is 2.23. The first-order chi connectivity index (χ1) is 11.7. The predicted octanol–water partition coefficient (Wildman–Crippen LogP) is 3.37. The summed E-state index contributed by atoms with van der Waals surface area (Å²) >= 11 is 0. The highest BCUT2D eigenvalue weighted by molar-refractivity contribution is 5.96. The van der Waals surface area contributed by atoms with E-state index in [1.54, 1.807) is 13.0 Å². The number of hydrogen-bond acceptors (Lipinski definition) is 5. The minimum Gasteiger partial charge on any atom is -0.468 e. The molecule has 0 fully saturated rings. The van der Waals surface area contributed by atoms with Crippen molar-refractivity contribution in [2.24, 2.45) is 0 Å². The molecule has 0 saturated heterocycles. The lowest BCUT2D eigenvalue weighted by atomic mass is 10.0. The monoisotopic (exact) mass is 357 g/mol. The molecule has 25 heavy (non-hydrogen) atoms. The lowest BCUT2D eigenvalue weighted by molar-refractivity contribution is -0.154. The quantitative estimate of drug-likeness (QED) is 0.858. The molecule has 1 amide bonds. The number of aryl methyl sites for hydroxylation is 1. The fourth-order valence-corrected chi connectivity index (χ4v) is 2.16. The van der Waals surface area contributed by atoms with Gasteiger partial charge in [0.2, 0.25) is 5.88 Å². The second-order valence-electron chi connectivity index (χ2n) is 5.72. The maximum atomic E-state index is 12.4. The summed E-state index contributed by atoms with van der Waals surface area (Å²) in [7, 11) is 0. The number of carbonyl (C=O) groups excluding carboxylic acids is 1. The van der Waals surface area contributed by atoms with Gasteiger partial charge in [0.15, 0.2) is 12.4 Å². The van der Waals surface area contributed by atoms with E-state index in [1.165, 1.54) is 12.3 Å². The number of nitrogens with one attached hydrogen (secondary N) is 1. The van der Waals surface area contributed by atoms with Crippen LogP contribution in [0, 0.1) is 6.92 Å². The molecule has 0 aromatic carbocycles. The van der Waals surface area contributed by atoms with Gasteiger partial charge >= 0.3 is 6.18 Å². The van der Waals surface area contributed by atoms with Crippen molar-refractivity contribution in [1.29, 1.82) is 0 Å². The van der Waals surface area contributed by atoms with Crippen molar-refractivity contribution in [3.63, 3.8) is 0 Å². The summed E-state index contributed by atoms with van der Waals surface area (Å²) in [5.41, 5.74) is 1.11. The Morgan fingerprint density at radius 3 is 2.76 bits per heavy atom. The molecule has 2 aromatic rings. The number of pyridine rings is 1. The maximum absolute atomic E-state index is 12.4. The van der Waals surface area contributed by atoms with Crippen molar-refractivity contribution in [2.75, 3.05) is 6.61 Å². The number of halogens is 3. The van der Waals surface area contributed by atoms with E-state index >= 15 is 0 Å². The molecule has 0 aliphatic heterocycles. The molecule has 0 aliphatic carbocycles. The SMILES string of the molecule is Cc1noc(C(C)C)c1C(=O)NCc1cccnc1OCC(F)(F)F. The molecular weight excluding hydrogens is 339 g/mol. The van der Waals surface area contributed by atoms with Gasteiger partial charge in [-0.2, -0.15) is 13.2 Å². The van der Waals surface area contributed by atoms with Gasteiger partial charge in [0.25, 0.3) is 5.91 Å². The normalized spacial score (nSPS) is 11.6. The molecule has 136 valence electrons. The van der Waals surface area contributed by atoms with Gasteiger partial charge in [-0.1, -0.05) is 25.1 Å². The Bertz CT molecular complexity index is 742. The van der Waals surface area contributed by atoms with Crippen molar-refractivity contribution in [3.8, 4) is 5.88 Å². The minimum absolute atomic E-state index is 0.0361. The third-order valence-corrected chi connectivity index (χ3v) is 3.30. The average Bonchev–Trinajstić information content (AvgIpc) is 2.92. The molecule has 1 N–H and O–H groups in total. The van der Waals surface area contributed by atoms with Gasteiger partial charge < -0.3 is 14.6 Å². The molecule has 0 aliphatic rings. The summed E-state index contributed by atoms with van der Waals surface area (Å²) in [4.78, 5) is 16.2. The topological polar surface area (TPSA) is 77.3 Å². The Kier molecular flexibility index (Phi) is 5.66. The maximum Gasteiger partial charge on any atom is 0.422 e. The molecule has 0 bridgehead atoms. The number of carbonyl (C=O) groups is 1. The van der Waals surface area contributed by atoms with Crippen LogP contribution >= 0.6 is 0 Å². The summed E-state index contributed by atoms with van der Waals surface area (Å²) in [6.07, 6.45) is -3.15. The first-order valence-corrected chi connectivity index (χ1v) is 7.57.